The van der Waals surface area contributed by atoms with Crippen LogP contribution in [0.5, 0.6) is 0 Å². The second kappa shape index (κ2) is 6.44. The predicted molar refractivity (Wildman–Crippen MR) is 60.2 cm³/mol. The molecule has 0 unspecified atom stereocenters. The van der Waals surface area contributed by atoms with Crippen LogP contribution in [0.3, 0.4) is 0 Å². The SMILES string of the molecule is C/C=C(/C)C/C(O)=C(C)\C=C(/C)CO. The Morgan fingerprint density at radius 1 is 1.14 bits per heavy atom. The molecule has 0 saturated carbocycles. The van der Waals surface area contributed by atoms with Gasteiger partial charge in [0.2, 0.25) is 0 Å². The van der Waals surface area contributed by atoms with Crippen LogP contribution in [-0.2, 0) is 0 Å². The van der Waals surface area contributed by atoms with Crippen molar-refractivity contribution in [3.8, 4) is 0 Å². The minimum atomic E-state index is 0.0349. The van der Waals surface area contributed by atoms with Crippen LogP contribution in [-0.4, -0.2) is 16.8 Å². The number of hydrogen-bond acceptors (Lipinski definition) is 2. The molecule has 0 aromatic rings. The lowest BCUT2D eigenvalue weighted by molar-refractivity contribution is 0.331. The Bertz CT molecular complexity index is 270. The third-order valence-electron chi connectivity index (χ3n) is 2.11. The van der Waals surface area contributed by atoms with Gasteiger partial charge in [-0.1, -0.05) is 17.7 Å². The normalized spacial score (nSPS) is 15.5. The number of aliphatic hydroxyl groups is 2. The molecule has 2 nitrogen and oxygen atoms in total. The van der Waals surface area contributed by atoms with E-state index < -0.39 is 0 Å². The van der Waals surface area contributed by atoms with Gasteiger partial charge in [-0.15, -0.1) is 0 Å². The first-order valence-corrected chi connectivity index (χ1v) is 4.79. The smallest absolute Gasteiger partial charge is 0.0991 e. The van der Waals surface area contributed by atoms with Crippen LogP contribution in [0, 0.1) is 0 Å². The van der Waals surface area contributed by atoms with Crippen molar-refractivity contribution in [3.05, 3.63) is 34.6 Å². The molecule has 80 valence electrons. The molecule has 2 N–H and O–H groups in total. The third-order valence-corrected chi connectivity index (χ3v) is 2.11. The lowest BCUT2D eigenvalue weighted by atomic mass is 10.1. The summed E-state index contributed by atoms with van der Waals surface area (Å²) >= 11 is 0. The second-order valence-corrected chi connectivity index (χ2v) is 3.59. The van der Waals surface area contributed by atoms with Gasteiger partial charge >= 0.3 is 0 Å². The van der Waals surface area contributed by atoms with E-state index in [1.807, 2.05) is 33.8 Å². The van der Waals surface area contributed by atoms with Crippen molar-refractivity contribution in [2.45, 2.75) is 34.1 Å². The molecule has 0 radical (unpaired) electrons. The van der Waals surface area contributed by atoms with E-state index in [4.69, 9.17) is 5.11 Å². The van der Waals surface area contributed by atoms with Gasteiger partial charge in [0.05, 0.1) is 12.4 Å². The summed E-state index contributed by atoms with van der Waals surface area (Å²) in [5.41, 5.74) is 2.81. The first kappa shape index (κ1) is 13.0. The minimum absolute atomic E-state index is 0.0349. The highest BCUT2D eigenvalue weighted by molar-refractivity contribution is 5.25. The Morgan fingerprint density at radius 3 is 2.14 bits per heavy atom. The Kier molecular flexibility index (Phi) is 5.97. The van der Waals surface area contributed by atoms with Crippen LogP contribution in [0.1, 0.15) is 34.1 Å². The summed E-state index contributed by atoms with van der Waals surface area (Å²) in [6.07, 6.45) is 4.36. The van der Waals surface area contributed by atoms with Crippen LogP contribution >= 0.6 is 0 Å². The Labute approximate surface area is 86.3 Å². The third kappa shape index (κ3) is 4.87. The molecule has 0 rings (SSSR count). The largest absolute Gasteiger partial charge is 0.512 e. The number of allylic oxidation sites excluding steroid dienone is 4. The van der Waals surface area contributed by atoms with E-state index in [9.17, 15) is 5.11 Å². The zero-order valence-corrected chi connectivity index (χ0v) is 9.46. The molecule has 0 bridgehead atoms. The highest BCUT2D eigenvalue weighted by atomic mass is 16.3. The first-order chi connectivity index (χ1) is 6.51. The summed E-state index contributed by atoms with van der Waals surface area (Å²) in [6, 6.07) is 0. The van der Waals surface area contributed by atoms with Gasteiger partial charge in [-0.2, -0.15) is 0 Å². The highest BCUT2D eigenvalue weighted by Crippen LogP contribution is 2.13. The fourth-order valence-corrected chi connectivity index (χ4v) is 1.00. The van der Waals surface area contributed by atoms with Gasteiger partial charge in [0.1, 0.15) is 0 Å². The van der Waals surface area contributed by atoms with E-state index in [2.05, 4.69) is 0 Å². The number of aliphatic hydroxyl groups excluding tert-OH is 2. The summed E-state index contributed by atoms with van der Waals surface area (Å²) in [4.78, 5) is 0. The molecule has 0 aliphatic carbocycles. The molecule has 0 atom stereocenters. The molecular formula is C12H20O2. The molecular weight excluding hydrogens is 176 g/mol. The van der Waals surface area contributed by atoms with Crippen LogP contribution in [0.4, 0.5) is 0 Å². The van der Waals surface area contributed by atoms with Crippen LogP contribution in [0.15, 0.2) is 34.6 Å². The Balaban J connectivity index is 4.60. The average molecular weight is 196 g/mol. The zero-order chi connectivity index (χ0) is 11.1. The molecule has 0 amide bonds. The summed E-state index contributed by atoms with van der Waals surface area (Å²) in [7, 11) is 0. The molecule has 0 aliphatic heterocycles. The van der Waals surface area contributed by atoms with Gasteiger partial charge in [-0.3, -0.25) is 0 Å². The van der Waals surface area contributed by atoms with Crippen molar-refractivity contribution < 1.29 is 10.2 Å². The number of hydrogen-bond donors (Lipinski definition) is 2. The van der Waals surface area contributed by atoms with Crippen molar-refractivity contribution in [1.82, 2.24) is 0 Å². The van der Waals surface area contributed by atoms with Gasteiger partial charge in [0.15, 0.2) is 0 Å². The molecule has 0 aromatic carbocycles. The van der Waals surface area contributed by atoms with Crippen LogP contribution in [0.2, 0.25) is 0 Å². The molecule has 0 fully saturated rings. The van der Waals surface area contributed by atoms with E-state index >= 15 is 0 Å². The fraction of sp³-hybridized carbons (Fsp3) is 0.500. The lowest BCUT2D eigenvalue weighted by Crippen LogP contribution is -1.90. The maximum Gasteiger partial charge on any atom is 0.0991 e. The van der Waals surface area contributed by atoms with E-state index in [1.54, 1.807) is 6.08 Å². The quantitative estimate of drug-likeness (QED) is 0.412. The fourth-order valence-electron chi connectivity index (χ4n) is 1.00. The van der Waals surface area contributed by atoms with E-state index in [1.165, 1.54) is 0 Å². The van der Waals surface area contributed by atoms with Gasteiger partial charge in [0.25, 0.3) is 0 Å². The number of rotatable bonds is 4. The van der Waals surface area contributed by atoms with Crippen molar-refractivity contribution in [3.63, 3.8) is 0 Å². The minimum Gasteiger partial charge on any atom is -0.512 e. The Hall–Kier alpha value is -1.02. The standard InChI is InChI=1S/C12H20O2/c1-5-9(2)7-12(14)11(4)6-10(3)8-13/h5-6,13-14H,7-8H2,1-4H3/b9-5-,10-6+,12-11+. The van der Waals surface area contributed by atoms with Crippen LogP contribution < -0.4 is 0 Å². The van der Waals surface area contributed by atoms with Gasteiger partial charge < -0.3 is 10.2 Å². The lowest BCUT2D eigenvalue weighted by Gasteiger charge is -2.04. The summed E-state index contributed by atoms with van der Waals surface area (Å²) in [5.74, 6) is 0.369. The Morgan fingerprint density at radius 2 is 1.71 bits per heavy atom. The van der Waals surface area contributed by atoms with Gasteiger partial charge in [0, 0.05) is 6.42 Å². The molecule has 0 aromatic heterocycles. The average Bonchev–Trinajstić information content (AvgIpc) is 2.17. The molecule has 0 aliphatic rings. The second-order valence-electron chi connectivity index (χ2n) is 3.59. The first-order valence-electron chi connectivity index (χ1n) is 4.79. The zero-order valence-electron chi connectivity index (χ0n) is 9.46. The van der Waals surface area contributed by atoms with Gasteiger partial charge in [-0.05, 0) is 38.8 Å². The molecule has 14 heavy (non-hydrogen) atoms. The molecule has 2 heteroatoms. The summed E-state index contributed by atoms with van der Waals surface area (Å²) < 4.78 is 0. The van der Waals surface area contributed by atoms with Crippen LogP contribution in [0.25, 0.3) is 0 Å². The van der Waals surface area contributed by atoms with E-state index in [0.29, 0.717) is 12.2 Å². The van der Waals surface area contributed by atoms with Gasteiger partial charge in [-0.25, -0.2) is 0 Å². The highest BCUT2D eigenvalue weighted by Gasteiger charge is 1.99. The maximum atomic E-state index is 9.68. The van der Waals surface area contributed by atoms with Crippen molar-refractivity contribution in [2.75, 3.05) is 6.61 Å². The molecule has 0 spiro atoms. The predicted octanol–water partition coefficient (Wildman–Crippen LogP) is 3.11. The van der Waals surface area contributed by atoms with Crippen molar-refractivity contribution in [2.24, 2.45) is 0 Å². The van der Waals surface area contributed by atoms with E-state index in [-0.39, 0.29) is 6.61 Å². The summed E-state index contributed by atoms with van der Waals surface area (Å²) in [5, 5.41) is 18.5. The topological polar surface area (TPSA) is 40.5 Å². The van der Waals surface area contributed by atoms with Crippen molar-refractivity contribution >= 4 is 0 Å². The van der Waals surface area contributed by atoms with E-state index in [0.717, 1.165) is 16.7 Å². The molecule has 0 heterocycles. The van der Waals surface area contributed by atoms with Crippen molar-refractivity contribution in [1.29, 1.82) is 0 Å². The maximum absolute atomic E-state index is 9.68. The molecule has 0 saturated heterocycles. The summed E-state index contributed by atoms with van der Waals surface area (Å²) in [6.45, 7) is 7.64. The monoisotopic (exact) mass is 196 g/mol.